The molecule has 4 fully saturated rings. The van der Waals surface area contributed by atoms with Gasteiger partial charge in [0.2, 0.25) is 30.4 Å². The van der Waals surface area contributed by atoms with Crippen molar-refractivity contribution in [2.24, 2.45) is 0 Å². The number of hydrogen-bond donors (Lipinski definition) is 17. The zero-order chi connectivity index (χ0) is 62.7. The molecule has 4 aromatic carbocycles. The highest BCUT2D eigenvalue weighted by Gasteiger charge is 2.50. The molecule has 0 saturated carbocycles. The molecule has 9 rings (SSSR count). The number of rotatable bonds is 18. The maximum Gasteiger partial charge on any atom is 0.402 e. The summed E-state index contributed by atoms with van der Waals surface area (Å²) in [6.07, 6.45) is -31.5. The highest BCUT2D eigenvalue weighted by Crippen LogP contribution is 2.47. The third-order valence-electron chi connectivity index (χ3n) is 14.5. The van der Waals surface area contributed by atoms with Crippen LogP contribution in [0.5, 0.6) is 46.0 Å². The van der Waals surface area contributed by atoms with Crippen LogP contribution in [0.25, 0.3) is 34.4 Å². The van der Waals surface area contributed by atoms with E-state index in [-0.39, 0.29) is 33.8 Å². The van der Waals surface area contributed by atoms with Gasteiger partial charge in [-0.2, -0.15) is 0 Å². The first-order valence-corrected chi connectivity index (χ1v) is 26.7. The van der Waals surface area contributed by atoms with Gasteiger partial charge in [0.1, 0.15) is 133 Å². The van der Waals surface area contributed by atoms with Crippen LogP contribution in [0.15, 0.2) is 95.4 Å². The van der Waals surface area contributed by atoms with Gasteiger partial charge in [0, 0.05) is 36.4 Å². The van der Waals surface area contributed by atoms with E-state index in [0.717, 1.165) is 42.5 Å². The first-order valence-electron chi connectivity index (χ1n) is 26.7. The molecule has 4 saturated heterocycles. The Labute approximate surface area is 491 Å². The lowest BCUT2D eigenvalue weighted by Gasteiger charge is -2.42. The van der Waals surface area contributed by atoms with Gasteiger partial charge in [-0.25, -0.2) is 14.0 Å². The van der Waals surface area contributed by atoms with Crippen molar-refractivity contribution in [2.45, 2.75) is 130 Å². The molecule has 5 heterocycles. The number of benzene rings is 4. The minimum atomic E-state index is -2.12. The smallest absolute Gasteiger partial charge is 0.402 e. The van der Waals surface area contributed by atoms with Crippen molar-refractivity contribution >= 4 is 35.1 Å². The molecule has 4 aliphatic heterocycles. The topological polar surface area (TPSA) is 482 Å². The van der Waals surface area contributed by atoms with E-state index in [1.54, 1.807) is 0 Å². The van der Waals surface area contributed by atoms with Crippen molar-refractivity contribution in [3.63, 3.8) is 0 Å². The molecule has 0 spiro atoms. The molecule has 470 valence electrons. The third-order valence-corrected chi connectivity index (χ3v) is 14.5. The zero-order valence-corrected chi connectivity index (χ0v) is 45.4. The molecule has 4 aliphatic rings. The maximum atomic E-state index is 12.6. The summed E-state index contributed by atoms with van der Waals surface area (Å²) in [6, 6.07) is 16.5. The minimum absolute atomic E-state index is 0.00947. The number of fused-ring (bicyclic) bond motifs is 1. The van der Waals surface area contributed by atoms with Crippen molar-refractivity contribution < 1.29 is 148 Å². The fourth-order valence-corrected chi connectivity index (χ4v) is 9.45. The number of aliphatic hydroxyl groups excluding tert-OH is 12. The van der Waals surface area contributed by atoms with Crippen LogP contribution in [0.2, 0.25) is 0 Å². The van der Waals surface area contributed by atoms with Gasteiger partial charge in [0.25, 0.3) is 0 Å². The molecule has 8 unspecified atom stereocenters. The van der Waals surface area contributed by atoms with Gasteiger partial charge >= 0.3 is 23.3 Å². The van der Waals surface area contributed by atoms with E-state index in [0.29, 0.717) is 11.1 Å². The standard InChI is InChI=1S/C57H62O30/c1-22-40(64)45(69)49(73)54(80-22)79-21-37-44(68)48(72)52(76)57(87-37)84-34-18-29-30(60)16-28(81-55-50(74)46(70)42(66)35(85-55)19-77-38(62)12-6-23-2-8-26(58)9-3-23)17-32(29)82-53(34)25-14-31(61)41(65)33(15-25)83-56-51(75)47(71)43(67)36(86-56)20-78-39(63)13-7-24-4-10-27(59)11-5-24/h2-18,22,35-37,40,42-52,54-57,64,66-76H,19-21H2,1H3,(H4-,58,59,60,61,62,63,65)/p+1/t22?,35?,36?,37?,40-,42+,43+,44+,45?,46-,47-,48-,49-,50?,51?,52?,54+,55+,56+,57+/m0/s1. The monoisotopic (exact) mass is 1230 g/mol. The van der Waals surface area contributed by atoms with Gasteiger partial charge in [-0.05, 0) is 54.5 Å². The van der Waals surface area contributed by atoms with Gasteiger partial charge in [-0.15, -0.1) is 0 Å². The number of hydrogen-bond acceptors (Lipinski definition) is 29. The summed E-state index contributed by atoms with van der Waals surface area (Å²) in [4.78, 5) is 25.2. The second kappa shape index (κ2) is 27.2. The van der Waals surface area contributed by atoms with Crippen LogP contribution in [0.4, 0.5) is 0 Å². The molecule has 30 heteroatoms. The summed E-state index contributed by atoms with van der Waals surface area (Å²) in [7, 11) is 0. The van der Waals surface area contributed by atoms with E-state index < -0.39 is 189 Å². The molecule has 0 aliphatic carbocycles. The number of aromatic hydroxyl groups is 5. The molecule has 20 atom stereocenters. The Bertz CT molecular complexity index is 3250. The SMILES string of the molecule is CC1O[C@@H](OCC2O[C@@H](Oc3cc4c(O)cc(O[C@@H]5OC(COC(=O)/C=C/c6ccc(O)cc6)[C@@H](O)[C@H](O)C5O)cc4[o+]c3-c3cc(O)c(O)c(O[C@@H]4OC(COC(=O)/C=C/c5ccc(O)cc5)[C@@H](O)[C@H](O)C4O)c3)C(O)[C@@H](O)[C@@H]2O)[C@@H](O)C(O)[C@H]1O. The van der Waals surface area contributed by atoms with Crippen LogP contribution >= 0.6 is 0 Å². The molecule has 0 amide bonds. The molecule has 17 N–H and O–H groups in total. The molecular weight excluding hydrogens is 1160 g/mol. The van der Waals surface area contributed by atoms with Crippen LogP contribution in [-0.4, -0.2) is 241 Å². The lowest BCUT2D eigenvalue weighted by Crippen LogP contribution is -2.61. The summed E-state index contributed by atoms with van der Waals surface area (Å²) in [5, 5.41) is 183. The second-order valence-corrected chi connectivity index (χ2v) is 20.7. The molecule has 0 radical (unpaired) electrons. The number of aliphatic hydroxyl groups is 12. The lowest BCUT2D eigenvalue weighted by molar-refractivity contribution is -0.318. The van der Waals surface area contributed by atoms with Gasteiger partial charge < -0.3 is 134 Å². The maximum absolute atomic E-state index is 12.6. The Balaban J connectivity index is 1.01. The fourth-order valence-electron chi connectivity index (χ4n) is 9.45. The first-order chi connectivity index (χ1) is 41.3. The van der Waals surface area contributed by atoms with E-state index in [2.05, 4.69) is 0 Å². The fraction of sp³-hybridized carbons (Fsp3) is 0.421. The van der Waals surface area contributed by atoms with Crippen molar-refractivity contribution in [2.75, 3.05) is 19.8 Å². The van der Waals surface area contributed by atoms with Gasteiger partial charge in [0.15, 0.2) is 17.8 Å². The van der Waals surface area contributed by atoms with E-state index in [4.69, 9.17) is 51.8 Å². The quantitative estimate of drug-likeness (QED) is 0.0192. The van der Waals surface area contributed by atoms with Crippen molar-refractivity contribution in [3.8, 4) is 57.3 Å². The predicted octanol–water partition coefficient (Wildman–Crippen LogP) is -2.17. The van der Waals surface area contributed by atoms with Crippen LogP contribution in [0, 0.1) is 0 Å². The van der Waals surface area contributed by atoms with Crippen LogP contribution < -0.4 is 14.2 Å². The summed E-state index contributed by atoms with van der Waals surface area (Å²) >= 11 is 0. The van der Waals surface area contributed by atoms with E-state index in [1.807, 2.05) is 0 Å². The minimum Gasteiger partial charge on any atom is -0.508 e. The van der Waals surface area contributed by atoms with E-state index in [9.17, 15) is 96.4 Å². The van der Waals surface area contributed by atoms with Crippen molar-refractivity contribution in [1.82, 2.24) is 0 Å². The summed E-state index contributed by atoms with van der Waals surface area (Å²) in [5.74, 6) is -6.77. The average Bonchev–Trinajstić information content (AvgIpc) is 1.05. The summed E-state index contributed by atoms with van der Waals surface area (Å²) in [5.41, 5.74) is 0.333. The summed E-state index contributed by atoms with van der Waals surface area (Å²) in [6.45, 7) is -0.765. The second-order valence-electron chi connectivity index (χ2n) is 20.7. The normalized spacial score (nSPS) is 32.9. The Kier molecular flexibility index (Phi) is 20.0. The first kappa shape index (κ1) is 63.9. The van der Waals surface area contributed by atoms with E-state index >= 15 is 0 Å². The molecule has 30 nitrogen and oxygen atoms in total. The van der Waals surface area contributed by atoms with Gasteiger partial charge in [-0.3, -0.25) is 0 Å². The molecule has 1 aromatic heterocycles. The third kappa shape index (κ3) is 14.6. The molecule has 5 aromatic rings. The number of carbonyl (C=O) groups is 2. The number of phenols is 5. The van der Waals surface area contributed by atoms with Gasteiger partial charge in [-0.1, -0.05) is 24.3 Å². The number of esters is 2. The number of ether oxygens (including phenoxy) is 10. The van der Waals surface area contributed by atoms with Gasteiger partial charge in [0.05, 0.1) is 24.3 Å². The average molecular weight is 1230 g/mol. The Morgan fingerprint density at radius 3 is 1.43 bits per heavy atom. The van der Waals surface area contributed by atoms with Crippen molar-refractivity contribution in [3.05, 3.63) is 102 Å². The Morgan fingerprint density at radius 1 is 0.471 bits per heavy atom. The van der Waals surface area contributed by atoms with E-state index in [1.165, 1.54) is 67.6 Å². The summed E-state index contributed by atoms with van der Waals surface area (Å²) < 4.78 is 62.8. The zero-order valence-electron chi connectivity index (χ0n) is 45.4. The highest BCUT2D eigenvalue weighted by atomic mass is 16.7. The van der Waals surface area contributed by atoms with Crippen LogP contribution in [0.3, 0.4) is 0 Å². The number of phenolic OH excluding ortho intramolecular Hbond substituents is 5. The highest BCUT2D eigenvalue weighted by molar-refractivity contribution is 5.89. The van der Waals surface area contributed by atoms with Crippen LogP contribution in [-0.2, 0) is 42.7 Å². The Morgan fingerprint density at radius 2 is 0.920 bits per heavy atom. The Hall–Kier alpha value is -7.57. The predicted molar refractivity (Wildman–Crippen MR) is 287 cm³/mol. The van der Waals surface area contributed by atoms with Crippen molar-refractivity contribution in [1.29, 1.82) is 0 Å². The number of carbonyl (C=O) groups excluding carboxylic acids is 2. The molecule has 87 heavy (non-hydrogen) atoms. The largest absolute Gasteiger partial charge is 0.508 e. The lowest BCUT2D eigenvalue weighted by atomic mass is 9.98. The molecule has 0 bridgehead atoms. The van der Waals surface area contributed by atoms with Crippen LogP contribution in [0.1, 0.15) is 18.1 Å². The molecular formula is C57H63O30+.